The minimum Gasteiger partial charge on any atom is -0.463 e. The van der Waals surface area contributed by atoms with Crippen molar-refractivity contribution in [3.8, 4) is 0 Å². The van der Waals surface area contributed by atoms with Crippen molar-refractivity contribution in [3.05, 3.63) is 0 Å². The minimum absolute atomic E-state index is 0.616. The van der Waals surface area contributed by atoms with Crippen LogP contribution in [-0.4, -0.2) is 72.3 Å². The van der Waals surface area contributed by atoms with Crippen LogP contribution in [-0.2, 0) is 38.1 Å². The van der Waals surface area contributed by atoms with Gasteiger partial charge >= 0.3 is 30.0 Å². The van der Waals surface area contributed by atoms with Gasteiger partial charge in [-0.05, 0) is 0 Å². The van der Waals surface area contributed by atoms with Crippen molar-refractivity contribution in [1.29, 1.82) is 0 Å². The molecule has 2 N–H and O–H groups in total. The van der Waals surface area contributed by atoms with Gasteiger partial charge in [0, 0.05) is 20.8 Å². The smallest absolute Gasteiger partial charge is 0.463 e. The van der Waals surface area contributed by atoms with Crippen molar-refractivity contribution in [2.45, 2.75) is 57.6 Å². The summed E-state index contributed by atoms with van der Waals surface area (Å²) >= 11 is 0. The lowest BCUT2D eigenvalue weighted by molar-refractivity contribution is -0.272. The second-order valence-corrected chi connectivity index (χ2v) is 5.51. The Morgan fingerprint density at radius 3 is 1.96 bits per heavy atom. The summed E-state index contributed by atoms with van der Waals surface area (Å²) in [5.74, 6) is -5.19. The summed E-state index contributed by atoms with van der Waals surface area (Å²) in [6.07, 6.45) is -12.2. The molecule has 154 valence electrons. The fourth-order valence-electron chi connectivity index (χ4n) is 2.32. The zero-order chi connectivity index (χ0) is 20.9. The lowest BCUT2D eigenvalue weighted by Crippen LogP contribution is -2.67. The number of esters is 3. The van der Waals surface area contributed by atoms with Crippen molar-refractivity contribution in [2.75, 3.05) is 6.61 Å². The van der Waals surface area contributed by atoms with E-state index in [1.165, 1.54) is 5.32 Å². The number of alkyl halides is 3. The molecule has 0 radical (unpaired) electrons. The first kappa shape index (κ1) is 22.6. The van der Waals surface area contributed by atoms with Crippen molar-refractivity contribution in [2.24, 2.45) is 0 Å². The lowest BCUT2D eigenvalue weighted by Gasteiger charge is -2.43. The maximum atomic E-state index is 12.6. The number of ether oxygens (including phenoxy) is 4. The van der Waals surface area contributed by atoms with E-state index in [2.05, 4.69) is 4.74 Å². The van der Waals surface area contributed by atoms with Crippen LogP contribution in [0, 0.1) is 0 Å². The van der Waals surface area contributed by atoms with E-state index in [4.69, 9.17) is 14.2 Å². The fourth-order valence-corrected chi connectivity index (χ4v) is 2.32. The van der Waals surface area contributed by atoms with Crippen LogP contribution in [0.25, 0.3) is 0 Å². The third kappa shape index (κ3) is 6.67. The number of halogens is 3. The van der Waals surface area contributed by atoms with Crippen molar-refractivity contribution < 1.29 is 56.4 Å². The molecule has 0 saturated carbocycles. The lowest BCUT2D eigenvalue weighted by atomic mass is 9.95. The Morgan fingerprint density at radius 1 is 1.00 bits per heavy atom. The highest BCUT2D eigenvalue weighted by atomic mass is 19.4. The van der Waals surface area contributed by atoms with E-state index in [-0.39, 0.29) is 0 Å². The van der Waals surface area contributed by atoms with Gasteiger partial charge in [0.1, 0.15) is 18.8 Å². The molecule has 5 atom stereocenters. The SMILES string of the molecule is CC(=O)OC[C@@H]1O[C@@H](O)[C@@H](OC(C)=O)[C@H](NC(=O)C(F)(F)F)[C@H]1OC(C)=O. The highest BCUT2D eigenvalue weighted by Crippen LogP contribution is 2.27. The first-order valence-corrected chi connectivity index (χ1v) is 7.52. The topological polar surface area (TPSA) is 137 Å². The third-order valence-corrected chi connectivity index (χ3v) is 3.28. The number of carbonyl (C=O) groups is 4. The van der Waals surface area contributed by atoms with E-state index in [1.54, 1.807) is 0 Å². The maximum Gasteiger partial charge on any atom is 0.471 e. The highest BCUT2D eigenvalue weighted by molar-refractivity contribution is 5.82. The molecule has 1 saturated heterocycles. The number of rotatable bonds is 5. The molecule has 0 aliphatic carbocycles. The summed E-state index contributed by atoms with van der Waals surface area (Å²) in [5.41, 5.74) is 0. The second kappa shape index (κ2) is 8.99. The van der Waals surface area contributed by atoms with E-state index < -0.39 is 67.2 Å². The van der Waals surface area contributed by atoms with E-state index in [1.807, 2.05) is 0 Å². The van der Waals surface area contributed by atoms with Crippen molar-refractivity contribution in [1.82, 2.24) is 5.32 Å². The molecule has 1 aliphatic rings. The number of nitrogens with one attached hydrogen (secondary N) is 1. The third-order valence-electron chi connectivity index (χ3n) is 3.28. The molecule has 0 aromatic rings. The molecule has 10 nitrogen and oxygen atoms in total. The molecule has 1 rings (SSSR count). The predicted molar refractivity (Wildman–Crippen MR) is 76.6 cm³/mol. The van der Waals surface area contributed by atoms with E-state index in [0.717, 1.165) is 20.8 Å². The Labute approximate surface area is 150 Å². The average Bonchev–Trinajstić information content (AvgIpc) is 2.49. The van der Waals surface area contributed by atoms with Crippen LogP contribution in [0.1, 0.15) is 20.8 Å². The molecule has 1 fully saturated rings. The van der Waals surface area contributed by atoms with Gasteiger partial charge in [-0.3, -0.25) is 19.2 Å². The summed E-state index contributed by atoms with van der Waals surface area (Å²) in [6.45, 7) is 2.25. The van der Waals surface area contributed by atoms with Crippen LogP contribution in [0.2, 0.25) is 0 Å². The summed E-state index contributed by atoms with van der Waals surface area (Å²) in [7, 11) is 0. The minimum atomic E-state index is -5.31. The van der Waals surface area contributed by atoms with E-state index in [0.29, 0.717) is 0 Å². The molecule has 0 bridgehead atoms. The molecule has 1 aliphatic heterocycles. The normalized spacial score (nSPS) is 28.0. The first-order chi connectivity index (χ1) is 12.3. The van der Waals surface area contributed by atoms with E-state index in [9.17, 15) is 37.5 Å². The Kier molecular flexibility index (Phi) is 7.54. The molecule has 13 heteroatoms. The van der Waals surface area contributed by atoms with Crippen LogP contribution >= 0.6 is 0 Å². The molecular weight excluding hydrogens is 383 g/mol. The van der Waals surface area contributed by atoms with Gasteiger partial charge in [-0.1, -0.05) is 0 Å². The molecule has 0 unspecified atom stereocenters. The van der Waals surface area contributed by atoms with Crippen LogP contribution in [0.4, 0.5) is 13.2 Å². The molecule has 0 spiro atoms. The molecule has 0 aromatic carbocycles. The zero-order valence-electron chi connectivity index (χ0n) is 14.4. The monoisotopic (exact) mass is 401 g/mol. The predicted octanol–water partition coefficient (Wildman–Crippen LogP) is -0.823. The van der Waals surface area contributed by atoms with Crippen LogP contribution in [0.15, 0.2) is 0 Å². The van der Waals surface area contributed by atoms with Gasteiger partial charge in [0.2, 0.25) is 0 Å². The highest BCUT2D eigenvalue weighted by Gasteiger charge is 2.52. The Bertz CT molecular complexity index is 595. The van der Waals surface area contributed by atoms with Gasteiger partial charge in [-0.2, -0.15) is 13.2 Å². The Balaban J connectivity index is 3.23. The number of hydrogen-bond donors (Lipinski definition) is 2. The van der Waals surface area contributed by atoms with Crippen molar-refractivity contribution in [3.63, 3.8) is 0 Å². The quantitative estimate of drug-likeness (QED) is 0.447. The van der Waals surface area contributed by atoms with Gasteiger partial charge in [-0.25, -0.2) is 0 Å². The number of amides is 1. The number of aliphatic hydroxyl groups excluding tert-OH is 1. The number of aliphatic hydroxyl groups is 1. The number of hydrogen-bond acceptors (Lipinski definition) is 9. The number of carbonyl (C=O) groups excluding carboxylic acids is 4. The van der Waals surface area contributed by atoms with Gasteiger partial charge in [-0.15, -0.1) is 0 Å². The Hall–Kier alpha value is -2.41. The summed E-state index contributed by atoms with van der Waals surface area (Å²) < 4.78 is 57.2. The van der Waals surface area contributed by atoms with Crippen LogP contribution < -0.4 is 5.32 Å². The standard InChI is InChI=1S/C14H18F3NO9/c1-5(19)24-4-8-10(25-6(2)20)9(18-13(23)14(15,16)17)11(12(22)27-8)26-7(3)21/h8-12,22H,4H2,1-3H3,(H,18,23)/t8-,9+,10-,11-,12+/m0/s1. The van der Waals surface area contributed by atoms with E-state index >= 15 is 0 Å². The molecule has 1 amide bonds. The van der Waals surface area contributed by atoms with Gasteiger partial charge in [0.25, 0.3) is 0 Å². The molecule has 27 heavy (non-hydrogen) atoms. The van der Waals surface area contributed by atoms with Crippen LogP contribution in [0.3, 0.4) is 0 Å². The molecular formula is C14H18F3NO9. The van der Waals surface area contributed by atoms with Crippen LogP contribution in [0.5, 0.6) is 0 Å². The maximum absolute atomic E-state index is 12.6. The largest absolute Gasteiger partial charge is 0.471 e. The Morgan fingerprint density at radius 2 is 1.52 bits per heavy atom. The summed E-state index contributed by atoms with van der Waals surface area (Å²) in [5, 5.41) is 11.5. The van der Waals surface area contributed by atoms with Gasteiger partial charge < -0.3 is 29.4 Å². The summed E-state index contributed by atoms with van der Waals surface area (Å²) in [4.78, 5) is 44.9. The fraction of sp³-hybridized carbons (Fsp3) is 0.714. The molecule has 0 aromatic heterocycles. The van der Waals surface area contributed by atoms with Gasteiger partial charge in [0.05, 0.1) is 0 Å². The average molecular weight is 401 g/mol. The first-order valence-electron chi connectivity index (χ1n) is 7.52. The molecule has 1 heterocycles. The second-order valence-electron chi connectivity index (χ2n) is 5.51. The van der Waals surface area contributed by atoms with Crippen molar-refractivity contribution >= 4 is 23.8 Å². The summed E-state index contributed by atoms with van der Waals surface area (Å²) in [6, 6.07) is -1.84. The van der Waals surface area contributed by atoms with Gasteiger partial charge in [0.15, 0.2) is 18.5 Å². The zero-order valence-corrected chi connectivity index (χ0v) is 14.4.